The minimum atomic E-state index is -1.08. The highest BCUT2D eigenvalue weighted by Gasteiger charge is 2.37. The van der Waals surface area contributed by atoms with E-state index < -0.39 is 5.92 Å². The second-order valence-electron chi connectivity index (χ2n) is 4.80. The average molecular weight is 276 g/mol. The fraction of sp³-hybridized carbons (Fsp3) is 0.400. The molecule has 1 saturated carbocycles. The highest BCUT2D eigenvalue weighted by molar-refractivity contribution is 6.23. The van der Waals surface area contributed by atoms with Crippen LogP contribution in [0.5, 0.6) is 11.5 Å². The molecule has 0 heterocycles. The number of phenolic OH excluding ortho intramolecular Hbond substituents is 1. The number of hydrogen-bond acceptors (Lipinski definition) is 5. The largest absolute Gasteiger partial charge is 0.504 e. The van der Waals surface area contributed by atoms with Crippen molar-refractivity contribution in [1.82, 2.24) is 0 Å². The van der Waals surface area contributed by atoms with Crippen molar-refractivity contribution in [1.29, 1.82) is 0 Å². The van der Waals surface area contributed by atoms with Gasteiger partial charge in [0.05, 0.1) is 7.11 Å². The van der Waals surface area contributed by atoms with Gasteiger partial charge >= 0.3 is 0 Å². The Balaban J connectivity index is 2.04. The fourth-order valence-electron chi connectivity index (χ4n) is 2.41. The lowest BCUT2D eigenvalue weighted by Crippen LogP contribution is -2.25. The molecule has 0 spiro atoms. The minimum absolute atomic E-state index is 0.00752. The first-order valence-corrected chi connectivity index (χ1v) is 6.47. The second-order valence-corrected chi connectivity index (χ2v) is 4.80. The van der Waals surface area contributed by atoms with E-state index in [0.717, 1.165) is 0 Å². The summed E-state index contributed by atoms with van der Waals surface area (Å²) in [6, 6.07) is 5.01. The molecule has 0 saturated heterocycles. The third-order valence-corrected chi connectivity index (χ3v) is 3.53. The first kappa shape index (κ1) is 14.2. The van der Waals surface area contributed by atoms with Crippen molar-refractivity contribution in [2.24, 2.45) is 5.92 Å². The highest BCUT2D eigenvalue weighted by Crippen LogP contribution is 2.30. The average Bonchev–Trinajstić information content (AvgIpc) is 2.77. The zero-order chi connectivity index (χ0) is 14.7. The number of ether oxygens (including phenoxy) is 1. The fourth-order valence-corrected chi connectivity index (χ4v) is 2.41. The van der Waals surface area contributed by atoms with Crippen LogP contribution >= 0.6 is 0 Å². The summed E-state index contributed by atoms with van der Waals surface area (Å²) in [7, 11) is 1.44. The van der Waals surface area contributed by atoms with Crippen molar-refractivity contribution in [2.45, 2.75) is 25.7 Å². The molecule has 0 amide bonds. The number of phenols is 1. The molecule has 0 aliphatic heterocycles. The van der Waals surface area contributed by atoms with Crippen LogP contribution in [0, 0.1) is 5.92 Å². The molecule has 0 radical (unpaired) electrons. The summed E-state index contributed by atoms with van der Waals surface area (Å²) in [6.45, 7) is 0. The zero-order valence-electron chi connectivity index (χ0n) is 11.2. The van der Waals surface area contributed by atoms with Crippen LogP contribution < -0.4 is 4.74 Å². The van der Waals surface area contributed by atoms with E-state index in [4.69, 9.17) is 4.74 Å². The van der Waals surface area contributed by atoms with Crippen LogP contribution in [0.2, 0.25) is 0 Å². The smallest absolute Gasteiger partial charge is 0.160 e. The molecule has 1 aliphatic rings. The molecule has 1 aliphatic carbocycles. The van der Waals surface area contributed by atoms with Gasteiger partial charge in [0.25, 0.3) is 0 Å². The number of rotatable bonds is 5. The van der Waals surface area contributed by atoms with Gasteiger partial charge in [0.15, 0.2) is 28.8 Å². The Kier molecular flexibility index (Phi) is 4.17. The molecule has 0 unspecified atom stereocenters. The first-order valence-electron chi connectivity index (χ1n) is 6.47. The van der Waals surface area contributed by atoms with Crippen molar-refractivity contribution in [3.05, 3.63) is 23.8 Å². The summed E-state index contributed by atoms with van der Waals surface area (Å²) in [4.78, 5) is 34.9. The van der Waals surface area contributed by atoms with Gasteiger partial charge in [0.1, 0.15) is 5.92 Å². The lowest BCUT2D eigenvalue weighted by Gasteiger charge is -2.09. The van der Waals surface area contributed by atoms with Crippen molar-refractivity contribution in [3.63, 3.8) is 0 Å². The molecular formula is C15H16O5. The Morgan fingerprint density at radius 2 is 1.95 bits per heavy atom. The van der Waals surface area contributed by atoms with Gasteiger partial charge in [-0.25, -0.2) is 0 Å². The van der Waals surface area contributed by atoms with Crippen molar-refractivity contribution >= 4 is 17.3 Å². The van der Waals surface area contributed by atoms with Crippen LogP contribution in [0.25, 0.3) is 0 Å². The molecule has 2 rings (SSSR count). The van der Waals surface area contributed by atoms with Gasteiger partial charge in [0, 0.05) is 19.3 Å². The minimum Gasteiger partial charge on any atom is -0.504 e. The van der Waals surface area contributed by atoms with E-state index in [9.17, 15) is 19.5 Å². The molecule has 0 aromatic heterocycles. The molecule has 1 aromatic rings. The number of para-hydroxylation sites is 1. The van der Waals surface area contributed by atoms with Crippen LogP contribution in [0.4, 0.5) is 0 Å². The molecule has 5 heteroatoms. The van der Waals surface area contributed by atoms with Gasteiger partial charge in [-0.05, 0) is 18.1 Å². The summed E-state index contributed by atoms with van der Waals surface area (Å²) in [6.07, 6.45) is 0.668. The number of ketones is 3. The van der Waals surface area contributed by atoms with Crippen molar-refractivity contribution in [3.8, 4) is 11.5 Å². The van der Waals surface area contributed by atoms with Crippen LogP contribution in [-0.2, 0) is 20.8 Å². The zero-order valence-corrected chi connectivity index (χ0v) is 11.2. The topological polar surface area (TPSA) is 80.7 Å². The second kappa shape index (κ2) is 5.86. The molecule has 20 heavy (non-hydrogen) atoms. The van der Waals surface area contributed by atoms with Crippen LogP contribution in [0.3, 0.4) is 0 Å². The van der Waals surface area contributed by atoms with Gasteiger partial charge < -0.3 is 9.84 Å². The lowest BCUT2D eigenvalue weighted by atomic mass is 9.95. The monoisotopic (exact) mass is 276 g/mol. The molecule has 1 N–H and O–H groups in total. The summed E-state index contributed by atoms with van der Waals surface area (Å²) in [5, 5.41) is 9.90. The molecule has 1 aromatic carbocycles. The lowest BCUT2D eigenvalue weighted by molar-refractivity contribution is -0.136. The van der Waals surface area contributed by atoms with E-state index >= 15 is 0 Å². The number of aromatic hydroxyl groups is 1. The predicted molar refractivity (Wildman–Crippen MR) is 70.7 cm³/mol. The SMILES string of the molecule is COc1cccc(CCC(=O)C2C(=O)CCC2=O)c1O. The Hall–Kier alpha value is -2.17. The molecule has 1 fully saturated rings. The summed E-state index contributed by atoms with van der Waals surface area (Å²) < 4.78 is 4.98. The third kappa shape index (κ3) is 2.71. The number of Topliss-reactive ketones (excluding diaryl/α,β-unsaturated/α-hetero) is 3. The summed E-state index contributed by atoms with van der Waals surface area (Å²) in [5.74, 6) is -1.68. The molecule has 0 bridgehead atoms. The van der Waals surface area contributed by atoms with Crippen LogP contribution in [-0.4, -0.2) is 29.6 Å². The van der Waals surface area contributed by atoms with Gasteiger partial charge in [0.2, 0.25) is 0 Å². The number of benzene rings is 1. The molecular weight excluding hydrogens is 260 g/mol. The Morgan fingerprint density at radius 3 is 2.55 bits per heavy atom. The van der Waals surface area contributed by atoms with Gasteiger partial charge in [-0.3, -0.25) is 14.4 Å². The molecule has 5 nitrogen and oxygen atoms in total. The van der Waals surface area contributed by atoms with Gasteiger partial charge in [-0.2, -0.15) is 0 Å². The maximum absolute atomic E-state index is 12.0. The van der Waals surface area contributed by atoms with Crippen LogP contribution in [0.15, 0.2) is 18.2 Å². The number of hydrogen-bond donors (Lipinski definition) is 1. The number of carbonyl (C=O) groups is 3. The van der Waals surface area contributed by atoms with E-state index in [1.54, 1.807) is 18.2 Å². The summed E-state index contributed by atoms with van der Waals surface area (Å²) >= 11 is 0. The van der Waals surface area contributed by atoms with Gasteiger partial charge in [-0.15, -0.1) is 0 Å². The summed E-state index contributed by atoms with van der Waals surface area (Å²) in [5.41, 5.74) is 0.565. The highest BCUT2D eigenvalue weighted by atomic mass is 16.5. The third-order valence-electron chi connectivity index (χ3n) is 3.53. The maximum Gasteiger partial charge on any atom is 0.160 e. The quantitative estimate of drug-likeness (QED) is 0.823. The number of carbonyl (C=O) groups excluding carboxylic acids is 3. The molecule has 106 valence electrons. The Labute approximate surface area is 116 Å². The van der Waals surface area contributed by atoms with Crippen molar-refractivity contribution < 1.29 is 24.2 Å². The van der Waals surface area contributed by atoms with E-state index in [1.165, 1.54) is 7.11 Å². The first-order chi connectivity index (χ1) is 9.54. The van der Waals surface area contributed by atoms with E-state index in [1.807, 2.05) is 0 Å². The Morgan fingerprint density at radius 1 is 1.30 bits per heavy atom. The maximum atomic E-state index is 12.0. The standard InChI is InChI=1S/C15H16O5/c1-20-13-4-2-3-9(15(13)19)5-6-10(16)14-11(17)7-8-12(14)18/h2-4,14,19H,5-8H2,1H3. The molecule has 0 atom stereocenters. The normalized spacial score (nSPS) is 15.7. The Bertz CT molecular complexity index is 545. The van der Waals surface area contributed by atoms with E-state index in [0.29, 0.717) is 11.3 Å². The predicted octanol–water partition coefficient (Wildman–Crippen LogP) is 1.45. The van der Waals surface area contributed by atoms with Crippen LogP contribution in [0.1, 0.15) is 24.8 Å². The van der Waals surface area contributed by atoms with E-state index in [-0.39, 0.29) is 48.8 Å². The van der Waals surface area contributed by atoms with Crippen molar-refractivity contribution in [2.75, 3.05) is 7.11 Å². The van der Waals surface area contributed by atoms with Gasteiger partial charge in [-0.1, -0.05) is 12.1 Å². The number of aryl methyl sites for hydroxylation is 1. The number of methoxy groups -OCH3 is 1. The van der Waals surface area contributed by atoms with E-state index in [2.05, 4.69) is 0 Å².